The minimum absolute atomic E-state index is 0.108. The predicted molar refractivity (Wildman–Crippen MR) is 130 cm³/mol. The summed E-state index contributed by atoms with van der Waals surface area (Å²) in [5.74, 6) is -0.353. The molecule has 2 heterocycles. The number of hydrogen-bond donors (Lipinski definition) is 0. The Morgan fingerprint density at radius 1 is 0.943 bits per heavy atom. The SMILES string of the molecule is CC(C)(C)OC(=O)N(C(=O)CSc1nnc(-c2ccco2)n1C(=O)OC(C)(C)C)c1ccccc1. The minimum atomic E-state index is -0.806. The summed E-state index contributed by atoms with van der Waals surface area (Å²) in [5.41, 5.74) is -1.22. The van der Waals surface area contributed by atoms with Crippen LogP contribution in [-0.2, 0) is 14.3 Å². The van der Waals surface area contributed by atoms with Gasteiger partial charge in [0.15, 0.2) is 5.76 Å². The highest BCUT2D eigenvalue weighted by molar-refractivity contribution is 7.99. The average Bonchev–Trinajstić information content (AvgIpc) is 3.40. The summed E-state index contributed by atoms with van der Waals surface area (Å²) in [5, 5.41) is 8.22. The fourth-order valence-corrected chi connectivity index (χ4v) is 3.60. The molecule has 0 spiro atoms. The van der Waals surface area contributed by atoms with Gasteiger partial charge in [-0.25, -0.2) is 19.1 Å². The molecule has 35 heavy (non-hydrogen) atoms. The molecule has 3 rings (SSSR count). The number of hydrogen-bond acceptors (Lipinski definition) is 9. The first-order chi connectivity index (χ1) is 16.4. The lowest BCUT2D eigenvalue weighted by Gasteiger charge is -2.26. The highest BCUT2D eigenvalue weighted by atomic mass is 32.2. The summed E-state index contributed by atoms with van der Waals surface area (Å²) in [4.78, 5) is 40.0. The van der Waals surface area contributed by atoms with Gasteiger partial charge in [0.1, 0.15) is 11.2 Å². The highest BCUT2D eigenvalue weighted by Crippen LogP contribution is 2.27. The maximum atomic E-state index is 13.2. The molecule has 0 radical (unpaired) electrons. The fourth-order valence-electron chi connectivity index (χ4n) is 2.83. The van der Waals surface area contributed by atoms with E-state index in [1.165, 1.54) is 6.26 Å². The third kappa shape index (κ3) is 6.95. The number of para-hydroxylation sites is 1. The lowest BCUT2D eigenvalue weighted by Crippen LogP contribution is -2.42. The van der Waals surface area contributed by atoms with Gasteiger partial charge >= 0.3 is 12.2 Å². The summed E-state index contributed by atoms with van der Waals surface area (Å²) in [6.07, 6.45) is -0.0895. The zero-order chi connectivity index (χ0) is 25.8. The van der Waals surface area contributed by atoms with E-state index in [0.29, 0.717) is 11.4 Å². The van der Waals surface area contributed by atoms with Gasteiger partial charge < -0.3 is 13.9 Å². The number of ether oxygens (including phenoxy) is 2. The van der Waals surface area contributed by atoms with Crippen molar-refractivity contribution in [2.75, 3.05) is 10.7 Å². The molecule has 0 atom stereocenters. The number of anilines is 1. The van der Waals surface area contributed by atoms with Crippen LogP contribution >= 0.6 is 11.8 Å². The summed E-state index contributed by atoms with van der Waals surface area (Å²) >= 11 is 0.934. The molecule has 186 valence electrons. The van der Waals surface area contributed by atoms with Gasteiger partial charge in [-0.1, -0.05) is 30.0 Å². The highest BCUT2D eigenvalue weighted by Gasteiger charge is 2.31. The Morgan fingerprint density at radius 3 is 2.17 bits per heavy atom. The maximum absolute atomic E-state index is 13.2. The number of imide groups is 1. The van der Waals surface area contributed by atoms with E-state index in [0.717, 1.165) is 21.2 Å². The Balaban J connectivity index is 1.88. The molecule has 0 aliphatic rings. The minimum Gasteiger partial charge on any atom is -0.461 e. The molecule has 2 amide bonds. The third-order valence-electron chi connectivity index (χ3n) is 4.12. The molecule has 0 saturated carbocycles. The van der Waals surface area contributed by atoms with Gasteiger partial charge in [0, 0.05) is 0 Å². The molecular weight excluding hydrogens is 472 g/mol. The van der Waals surface area contributed by atoms with Crippen LogP contribution in [0.25, 0.3) is 11.6 Å². The normalized spacial score (nSPS) is 11.7. The largest absolute Gasteiger partial charge is 0.461 e. The molecule has 10 nitrogen and oxygen atoms in total. The average molecular weight is 501 g/mol. The van der Waals surface area contributed by atoms with Gasteiger partial charge in [0.25, 0.3) is 0 Å². The van der Waals surface area contributed by atoms with E-state index in [1.807, 2.05) is 0 Å². The number of nitrogens with zero attached hydrogens (tertiary/aromatic N) is 4. The van der Waals surface area contributed by atoms with E-state index in [9.17, 15) is 14.4 Å². The molecule has 11 heteroatoms. The van der Waals surface area contributed by atoms with Crippen LogP contribution in [0, 0.1) is 0 Å². The molecule has 0 bridgehead atoms. The zero-order valence-electron chi connectivity index (χ0n) is 20.5. The van der Waals surface area contributed by atoms with Crippen molar-refractivity contribution in [1.82, 2.24) is 14.8 Å². The smallest absolute Gasteiger partial charge is 0.422 e. The van der Waals surface area contributed by atoms with Crippen LogP contribution < -0.4 is 4.90 Å². The van der Waals surface area contributed by atoms with Gasteiger partial charge in [-0.05, 0) is 65.8 Å². The number of thioether (sulfide) groups is 1. The second kappa shape index (κ2) is 10.3. The van der Waals surface area contributed by atoms with Crippen LogP contribution in [0.15, 0.2) is 58.3 Å². The molecule has 0 aliphatic carbocycles. The van der Waals surface area contributed by atoms with E-state index < -0.39 is 29.3 Å². The summed E-state index contributed by atoms with van der Waals surface area (Å²) in [7, 11) is 0. The third-order valence-corrected chi connectivity index (χ3v) is 5.03. The van der Waals surface area contributed by atoms with Crippen molar-refractivity contribution in [3.05, 3.63) is 48.7 Å². The van der Waals surface area contributed by atoms with Crippen LogP contribution in [0.3, 0.4) is 0 Å². The molecule has 3 aromatic rings. The lowest BCUT2D eigenvalue weighted by molar-refractivity contribution is -0.116. The van der Waals surface area contributed by atoms with Crippen LogP contribution in [-0.4, -0.2) is 49.8 Å². The number of carbonyl (C=O) groups excluding carboxylic acids is 3. The van der Waals surface area contributed by atoms with Gasteiger partial charge in [-0.15, -0.1) is 10.2 Å². The van der Waals surface area contributed by atoms with Crippen molar-refractivity contribution >= 4 is 35.5 Å². The van der Waals surface area contributed by atoms with E-state index >= 15 is 0 Å². The number of aromatic nitrogens is 3. The van der Waals surface area contributed by atoms with Crippen LogP contribution in [0.5, 0.6) is 0 Å². The monoisotopic (exact) mass is 500 g/mol. The van der Waals surface area contributed by atoms with Gasteiger partial charge in [0.05, 0.1) is 17.7 Å². The van der Waals surface area contributed by atoms with E-state index in [4.69, 9.17) is 13.9 Å². The topological polar surface area (TPSA) is 117 Å². The lowest BCUT2D eigenvalue weighted by atomic mass is 10.2. The number of carbonyl (C=O) groups is 3. The van der Waals surface area contributed by atoms with E-state index in [-0.39, 0.29) is 16.7 Å². The molecular formula is C24H28N4O6S. The first kappa shape index (κ1) is 26.0. The fraction of sp³-hybridized carbons (Fsp3) is 0.375. The Bertz CT molecular complexity index is 1180. The van der Waals surface area contributed by atoms with Gasteiger partial charge in [0.2, 0.25) is 16.9 Å². The maximum Gasteiger partial charge on any atom is 0.422 e. The zero-order valence-corrected chi connectivity index (χ0v) is 21.3. The summed E-state index contributed by atoms with van der Waals surface area (Å²) in [6.45, 7) is 10.3. The number of furan rings is 1. The Labute approximate surface area is 207 Å². The van der Waals surface area contributed by atoms with Crippen LogP contribution in [0.4, 0.5) is 15.3 Å². The first-order valence-corrected chi connectivity index (χ1v) is 11.8. The van der Waals surface area contributed by atoms with Gasteiger partial charge in [-0.3, -0.25) is 4.79 Å². The Morgan fingerprint density at radius 2 is 1.60 bits per heavy atom. The number of amides is 2. The van der Waals surface area contributed by atoms with E-state index in [2.05, 4.69) is 10.2 Å². The molecule has 0 N–H and O–H groups in total. The Hall–Kier alpha value is -3.60. The standard InChI is InChI=1S/C24H28N4O6S/c1-23(2,3)33-21(30)27(16-11-8-7-9-12-16)18(29)15-35-20-26-25-19(17-13-10-14-32-17)28(20)22(31)34-24(4,5)6/h7-14H,15H2,1-6H3. The first-order valence-electron chi connectivity index (χ1n) is 10.8. The molecule has 0 saturated heterocycles. The Kier molecular flexibility index (Phi) is 7.69. The quantitative estimate of drug-likeness (QED) is 0.425. The second-order valence-electron chi connectivity index (χ2n) is 9.43. The molecule has 2 aromatic heterocycles. The van der Waals surface area contributed by atoms with Crippen molar-refractivity contribution in [2.24, 2.45) is 0 Å². The van der Waals surface area contributed by atoms with Crippen molar-refractivity contribution in [2.45, 2.75) is 57.9 Å². The summed E-state index contributed by atoms with van der Waals surface area (Å²) < 4.78 is 17.5. The second-order valence-corrected chi connectivity index (χ2v) is 10.4. The van der Waals surface area contributed by atoms with Crippen molar-refractivity contribution < 1.29 is 28.3 Å². The van der Waals surface area contributed by atoms with E-state index in [1.54, 1.807) is 84.0 Å². The number of rotatable bonds is 5. The van der Waals surface area contributed by atoms with Crippen molar-refractivity contribution in [1.29, 1.82) is 0 Å². The molecule has 0 unspecified atom stereocenters. The molecule has 0 aliphatic heterocycles. The summed E-state index contributed by atoms with van der Waals surface area (Å²) in [6, 6.07) is 11.7. The predicted octanol–water partition coefficient (Wildman–Crippen LogP) is 5.38. The van der Waals surface area contributed by atoms with Crippen molar-refractivity contribution in [3.8, 4) is 11.6 Å². The van der Waals surface area contributed by atoms with Crippen LogP contribution in [0.2, 0.25) is 0 Å². The van der Waals surface area contributed by atoms with Crippen LogP contribution in [0.1, 0.15) is 41.5 Å². The molecule has 0 fully saturated rings. The molecule has 1 aromatic carbocycles. The van der Waals surface area contributed by atoms with Gasteiger partial charge in [-0.2, -0.15) is 0 Å². The van der Waals surface area contributed by atoms with Crippen molar-refractivity contribution in [3.63, 3.8) is 0 Å². The number of benzene rings is 1.